The molecule has 0 aliphatic carbocycles. The molecule has 0 rings (SSSR count). The summed E-state index contributed by atoms with van der Waals surface area (Å²) in [5, 5.41) is 5.31. The van der Waals surface area contributed by atoms with Crippen molar-refractivity contribution in [3.05, 3.63) is 0 Å². The Morgan fingerprint density at radius 2 is 1.56 bits per heavy atom. The van der Waals surface area contributed by atoms with Gasteiger partial charge in [0.1, 0.15) is 0 Å². The van der Waals surface area contributed by atoms with Crippen LogP contribution in [0, 0.1) is 10.8 Å². The van der Waals surface area contributed by atoms with Gasteiger partial charge in [0, 0.05) is 19.5 Å². The van der Waals surface area contributed by atoms with Crippen LogP contribution in [0.3, 0.4) is 0 Å². The van der Waals surface area contributed by atoms with E-state index in [2.05, 4.69) is 10.6 Å². The third-order valence-electron chi connectivity index (χ3n) is 2.48. The number of nitrogens with one attached hydrogen (secondary N) is 2. The molecule has 0 saturated heterocycles. The number of carbonyl (C=O) groups is 2. The van der Waals surface area contributed by atoms with Crippen molar-refractivity contribution < 1.29 is 9.59 Å². The second kappa shape index (κ2) is 5.53. The maximum atomic E-state index is 11.7. The highest BCUT2D eigenvalue weighted by Crippen LogP contribution is 2.19. The van der Waals surface area contributed by atoms with Gasteiger partial charge in [-0.05, 0) is 27.7 Å². The molecule has 2 N–H and O–H groups in total. The number of halogens is 1. The van der Waals surface area contributed by atoms with E-state index < -0.39 is 10.8 Å². The highest BCUT2D eigenvalue weighted by Gasteiger charge is 2.31. The lowest BCUT2D eigenvalue weighted by Crippen LogP contribution is -2.47. The molecule has 0 fully saturated rings. The fourth-order valence-corrected chi connectivity index (χ4v) is 1.14. The van der Waals surface area contributed by atoms with E-state index in [1.165, 1.54) is 0 Å². The molecule has 0 aromatic carbocycles. The summed E-state index contributed by atoms with van der Waals surface area (Å²) in [6.45, 7) is 7.38. The molecular weight excluding hydrogens is 228 g/mol. The van der Waals surface area contributed by atoms with Gasteiger partial charge in [-0.15, -0.1) is 11.6 Å². The van der Waals surface area contributed by atoms with E-state index in [9.17, 15) is 9.59 Å². The van der Waals surface area contributed by atoms with Crippen molar-refractivity contribution in [1.29, 1.82) is 0 Å². The van der Waals surface area contributed by atoms with E-state index in [-0.39, 0.29) is 17.7 Å². The van der Waals surface area contributed by atoms with Gasteiger partial charge in [-0.1, -0.05) is 0 Å². The van der Waals surface area contributed by atoms with Crippen molar-refractivity contribution in [2.75, 3.05) is 19.5 Å². The molecule has 94 valence electrons. The summed E-state index contributed by atoms with van der Waals surface area (Å²) in [5.74, 6) is 0.00939. The van der Waals surface area contributed by atoms with Crippen LogP contribution in [-0.2, 0) is 9.59 Å². The second-order valence-electron chi connectivity index (χ2n) is 5.16. The third kappa shape index (κ3) is 4.00. The van der Waals surface area contributed by atoms with Gasteiger partial charge < -0.3 is 10.6 Å². The van der Waals surface area contributed by atoms with Crippen molar-refractivity contribution in [2.24, 2.45) is 10.8 Å². The lowest BCUT2D eigenvalue weighted by atomic mass is 9.90. The zero-order valence-corrected chi connectivity index (χ0v) is 11.4. The Labute approximate surface area is 102 Å². The molecule has 0 bridgehead atoms. The summed E-state index contributed by atoms with van der Waals surface area (Å²) in [7, 11) is 1.58. The lowest BCUT2D eigenvalue weighted by Gasteiger charge is -2.26. The fraction of sp³-hybridized carbons (Fsp3) is 0.818. The van der Waals surface area contributed by atoms with Gasteiger partial charge in [0.2, 0.25) is 11.8 Å². The minimum absolute atomic E-state index is 0.100. The average molecular weight is 249 g/mol. The van der Waals surface area contributed by atoms with Gasteiger partial charge in [0.05, 0.1) is 10.8 Å². The Bertz CT molecular complexity index is 275. The van der Waals surface area contributed by atoms with Gasteiger partial charge in [-0.2, -0.15) is 0 Å². The van der Waals surface area contributed by atoms with E-state index in [1.807, 2.05) is 0 Å². The van der Waals surface area contributed by atoms with Crippen LogP contribution in [-0.4, -0.2) is 31.3 Å². The Balaban J connectivity index is 4.36. The van der Waals surface area contributed by atoms with Gasteiger partial charge in [0.25, 0.3) is 0 Å². The molecule has 0 spiro atoms. The van der Waals surface area contributed by atoms with Crippen LogP contribution in [0.2, 0.25) is 0 Å². The molecule has 0 aromatic rings. The van der Waals surface area contributed by atoms with E-state index in [1.54, 1.807) is 34.7 Å². The molecule has 16 heavy (non-hydrogen) atoms. The molecule has 0 radical (unpaired) electrons. The van der Waals surface area contributed by atoms with E-state index in [0.29, 0.717) is 6.54 Å². The topological polar surface area (TPSA) is 58.2 Å². The summed E-state index contributed by atoms with van der Waals surface area (Å²) < 4.78 is 0. The number of carbonyl (C=O) groups excluding carboxylic acids is 2. The van der Waals surface area contributed by atoms with Crippen LogP contribution in [0.1, 0.15) is 27.7 Å². The third-order valence-corrected chi connectivity index (χ3v) is 3.15. The molecule has 4 nitrogen and oxygen atoms in total. The number of alkyl halides is 1. The Morgan fingerprint density at radius 1 is 1.06 bits per heavy atom. The maximum absolute atomic E-state index is 11.7. The minimum Gasteiger partial charge on any atom is -0.359 e. The van der Waals surface area contributed by atoms with Crippen LogP contribution < -0.4 is 10.6 Å². The number of hydrogen-bond donors (Lipinski definition) is 2. The summed E-state index contributed by atoms with van der Waals surface area (Å²) in [4.78, 5) is 23.2. The minimum atomic E-state index is -0.618. The zero-order valence-electron chi connectivity index (χ0n) is 10.6. The fourth-order valence-electron chi connectivity index (χ4n) is 1.02. The van der Waals surface area contributed by atoms with Crippen molar-refractivity contribution in [3.63, 3.8) is 0 Å². The first kappa shape index (κ1) is 15.2. The predicted molar refractivity (Wildman–Crippen MR) is 65.4 cm³/mol. The Morgan fingerprint density at radius 3 is 1.94 bits per heavy atom. The summed E-state index contributed by atoms with van der Waals surface area (Å²) in [6, 6.07) is 0. The summed E-state index contributed by atoms with van der Waals surface area (Å²) in [5.41, 5.74) is -1.23. The Hall–Kier alpha value is -0.770. The molecule has 5 heteroatoms. The largest absolute Gasteiger partial charge is 0.359 e. The predicted octanol–water partition coefficient (Wildman–Crippen LogP) is 1.14. The van der Waals surface area contributed by atoms with Crippen molar-refractivity contribution in [3.8, 4) is 0 Å². The zero-order chi connectivity index (χ0) is 13.0. The molecule has 0 aliphatic heterocycles. The van der Waals surface area contributed by atoms with E-state index >= 15 is 0 Å². The molecule has 0 aliphatic rings. The summed E-state index contributed by atoms with van der Waals surface area (Å²) >= 11 is 5.69. The Kier molecular flexibility index (Phi) is 5.26. The van der Waals surface area contributed by atoms with Crippen LogP contribution in [0.4, 0.5) is 0 Å². The van der Waals surface area contributed by atoms with Gasteiger partial charge in [-0.3, -0.25) is 9.59 Å². The summed E-state index contributed by atoms with van der Waals surface area (Å²) in [6.07, 6.45) is 0. The first-order valence-electron chi connectivity index (χ1n) is 5.24. The lowest BCUT2D eigenvalue weighted by molar-refractivity contribution is -0.131. The van der Waals surface area contributed by atoms with Gasteiger partial charge in [-0.25, -0.2) is 0 Å². The first-order valence-corrected chi connectivity index (χ1v) is 5.77. The quantitative estimate of drug-likeness (QED) is 0.717. The van der Waals surface area contributed by atoms with Gasteiger partial charge in [0.15, 0.2) is 0 Å². The monoisotopic (exact) mass is 248 g/mol. The molecule has 0 saturated carbocycles. The van der Waals surface area contributed by atoms with Crippen LogP contribution in [0.15, 0.2) is 0 Å². The molecule has 0 heterocycles. The van der Waals surface area contributed by atoms with Crippen LogP contribution >= 0.6 is 11.6 Å². The molecule has 0 unspecified atom stereocenters. The van der Waals surface area contributed by atoms with Crippen LogP contribution in [0.25, 0.3) is 0 Å². The molecular formula is C11H21ClN2O2. The normalized spacial score (nSPS) is 12.1. The van der Waals surface area contributed by atoms with E-state index in [4.69, 9.17) is 11.6 Å². The highest BCUT2D eigenvalue weighted by atomic mass is 35.5. The maximum Gasteiger partial charge on any atom is 0.227 e. The highest BCUT2D eigenvalue weighted by molar-refractivity contribution is 6.19. The average Bonchev–Trinajstić information content (AvgIpc) is 2.24. The number of rotatable bonds is 5. The van der Waals surface area contributed by atoms with Crippen LogP contribution in [0.5, 0.6) is 0 Å². The second-order valence-corrected chi connectivity index (χ2v) is 5.43. The van der Waals surface area contributed by atoms with E-state index in [0.717, 1.165) is 0 Å². The smallest absolute Gasteiger partial charge is 0.227 e. The van der Waals surface area contributed by atoms with Crippen molar-refractivity contribution in [1.82, 2.24) is 10.6 Å². The molecule has 0 aromatic heterocycles. The van der Waals surface area contributed by atoms with Crippen molar-refractivity contribution in [2.45, 2.75) is 27.7 Å². The van der Waals surface area contributed by atoms with Gasteiger partial charge >= 0.3 is 0 Å². The first-order chi connectivity index (χ1) is 7.17. The number of amides is 2. The van der Waals surface area contributed by atoms with Crippen molar-refractivity contribution >= 4 is 23.4 Å². The molecule has 0 atom stereocenters. The standard InChI is InChI=1S/C11H21ClN2O2/c1-10(2,6-12)9(16)14-7-11(3,4)8(15)13-5/h6-7H2,1-5H3,(H,13,15)(H,14,16). The SMILES string of the molecule is CNC(=O)C(C)(C)CNC(=O)C(C)(C)CCl. The number of hydrogen-bond acceptors (Lipinski definition) is 2. The molecule has 2 amide bonds.